The van der Waals surface area contributed by atoms with E-state index in [4.69, 9.17) is 33.6 Å². The van der Waals surface area contributed by atoms with Gasteiger partial charge >= 0.3 is 34.3 Å². The van der Waals surface area contributed by atoms with Gasteiger partial charge in [-0.05, 0) is 251 Å². The van der Waals surface area contributed by atoms with Gasteiger partial charge in [-0.15, -0.1) is 71.3 Å². The molecule has 10 heteroatoms. The summed E-state index contributed by atoms with van der Waals surface area (Å²) in [5.41, 5.74) is 33.6. The predicted octanol–water partition coefficient (Wildman–Crippen LogP) is 27.3. The zero-order valence-electron chi connectivity index (χ0n) is 75.2. The molecular formula is C115H110B2IrN3O4. The van der Waals surface area contributed by atoms with Crippen molar-refractivity contribution in [1.29, 1.82) is 0 Å². The van der Waals surface area contributed by atoms with Gasteiger partial charge in [0.05, 0.1) is 22.4 Å². The van der Waals surface area contributed by atoms with Gasteiger partial charge in [-0.2, -0.15) is 0 Å². The molecule has 2 aliphatic rings. The molecule has 0 atom stereocenters. The average Bonchev–Trinajstić information content (AvgIpc) is 0.921. The predicted molar refractivity (Wildman–Crippen MR) is 517 cm³/mol. The van der Waals surface area contributed by atoms with E-state index in [9.17, 15) is 0 Å². The van der Waals surface area contributed by atoms with Crippen LogP contribution in [0.4, 0.5) is 0 Å². The van der Waals surface area contributed by atoms with Crippen molar-refractivity contribution < 1.29 is 38.7 Å². The van der Waals surface area contributed by atoms with Crippen molar-refractivity contribution in [2.45, 2.75) is 182 Å². The summed E-state index contributed by atoms with van der Waals surface area (Å²) in [4.78, 5) is 15.1. The van der Waals surface area contributed by atoms with Crippen molar-refractivity contribution in [3.63, 3.8) is 0 Å². The number of aryl methyl sites for hydroxylation is 4. The SMILES string of the molecule is CC(C)(C)c1ccnc(-c2[c-]cc(-c3ccccc3-c3cc(-c4ccccc4-c4c[c-]c(-c5cc(C(C)(C)C)ccn5)cc4-c4ccc(CCc5ccc(B6OC(C)(C)C(C)(C)O6)cc5)cc4)cc(-c4ccccc4-c4c[c-]c(-c5cc(C(C)(C)C)ccn5)cc4-c4ccc(CCc5ccc(B6OC(C)(C)C(C)(C)O6)cc5)cc4)c3)c(-c3ccccc3)c2)c1.[Ir+3]. The Balaban J connectivity index is 0.0000115. The van der Waals surface area contributed by atoms with E-state index in [0.29, 0.717) is 0 Å². The second-order valence-corrected chi connectivity index (χ2v) is 38.9. The molecule has 0 spiro atoms. The molecule has 2 aliphatic heterocycles. The summed E-state index contributed by atoms with van der Waals surface area (Å²) in [6, 6.07) is 119. The molecule has 3 aromatic heterocycles. The van der Waals surface area contributed by atoms with Crippen LogP contribution in [0, 0.1) is 18.2 Å². The zero-order valence-corrected chi connectivity index (χ0v) is 77.6. The Labute approximate surface area is 756 Å². The molecule has 5 heterocycles. The van der Waals surface area contributed by atoms with Gasteiger partial charge in [-0.3, -0.25) is 0 Å². The van der Waals surface area contributed by atoms with Crippen LogP contribution in [0.3, 0.4) is 0 Å². The minimum absolute atomic E-state index is 0. The van der Waals surface area contributed by atoms with Crippen LogP contribution < -0.4 is 10.9 Å². The maximum atomic E-state index is 6.43. The molecule has 12 aromatic carbocycles. The van der Waals surface area contributed by atoms with Crippen molar-refractivity contribution in [3.05, 3.63) is 367 Å². The molecule has 0 radical (unpaired) electrons. The Kier molecular flexibility index (Phi) is 24.4. The monoisotopic (exact) mass is 1810 g/mol. The van der Waals surface area contributed by atoms with Gasteiger partial charge in [0.2, 0.25) is 0 Å². The van der Waals surface area contributed by atoms with Gasteiger partial charge in [-0.25, -0.2) is 0 Å². The third kappa shape index (κ3) is 18.6. The van der Waals surface area contributed by atoms with Crippen molar-refractivity contribution in [2.75, 3.05) is 0 Å². The maximum absolute atomic E-state index is 6.43. The quantitative estimate of drug-likeness (QED) is 0.0556. The summed E-state index contributed by atoms with van der Waals surface area (Å²) in [5, 5.41) is 0. The number of benzene rings is 12. The first-order chi connectivity index (χ1) is 59.3. The average molecular weight is 1810 g/mol. The molecule has 2 saturated heterocycles. The van der Waals surface area contributed by atoms with E-state index >= 15 is 0 Å². The third-order valence-electron chi connectivity index (χ3n) is 26.1. The molecule has 0 saturated carbocycles. The molecule has 0 unspecified atom stereocenters. The number of nitrogens with zero attached hydrogens (tertiary/aromatic N) is 3. The smallest absolute Gasteiger partial charge is 0.399 e. The van der Waals surface area contributed by atoms with Gasteiger partial charge in [0.1, 0.15) is 0 Å². The molecule has 0 amide bonds. The van der Waals surface area contributed by atoms with Crippen LogP contribution in [-0.2, 0) is 80.7 Å². The van der Waals surface area contributed by atoms with Crippen molar-refractivity contribution in [1.82, 2.24) is 15.0 Å². The largest absolute Gasteiger partial charge is 3.00 e. The molecule has 0 N–H and O–H groups in total. The van der Waals surface area contributed by atoms with Gasteiger partial charge < -0.3 is 33.6 Å². The molecule has 2 fully saturated rings. The second-order valence-electron chi connectivity index (χ2n) is 38.9. The molecule has 17 rings (SSSR count). The minimum Gasteiger partial charge on any atom is -0.399 e. The standard InChI is InChI=1S/C115H110B2N3O4.Ir/c1-109(2,3)89-61-64-118-106(73-89)83-51-58-100(103(70-83)80-27-19-18-20-28-80)97-32-24-21-29-94(97)86-67-87(95-30-22-25-33-98(95)101-59-52-84(107-74-90(62-65-119-107)110(4,5)6)71-104(101)81-47-39-76(40-48-81)35-37-78-43-54-92(55-44-78)116-121-112(10,11)113(12,13)122-116)69-88(68-86)96-31-23-26-34-99(96)102-60-53-85(108-75-91(63-66-120-108)111(7,8)9)72-105(102)82-49-41-77(42-50-82)36-38-79-45-56-93(57-46-79)117-123-114(14,15)115(16,17)124-117;/h18-34,39-50,54-75H,35-38H2,1-17H3;/q-3;+3. The van der Waals surface area contributed by atoms with E-state index in [1.54, 1.807) is 0 Å². The van der Waals surface area contributed by atoms with E-state index < -0.39 is 36.6 Å². The van der Waals surface area contributed by atoms with Gasteiger partial charge in [0.15, 0.2) is 0 Å². The Hall–Kier alpha value is -11.3. The second kappa shape index (κ2) is 34.9. The van der Waals surface area contributed by atoms with Crippen LogP contribution in [0.5, 0.6) is 0 Å². The Bertz CT molecular complexity index is 6110. The number of pyridine rings is 3. The number of aromatic nitrogens is 3. The molecule has 624 valence electrons. The molecule has 15 aromatic rings. The number of hydrogen-bond acceptors (Lipinski definition) is 7. The van der Waals surface area contributed by atoms with Crippen LogP contribution in [0.25, 0.3) is 134 Å². The van der Waals surface area contributed by atoms with Crippen LogP contribution in [0.1, 0.15) is 157 Å². The third-order valence-corrected chi connectivity index (χ3v) is 26.1. The van der Waals surface area contributed by atoms with E-state index in [1.165, 1.54) is 38.9 Å². The Morgan fingerprint density at radius 2 is 0.504 bits per heavy atom. The summed E-state index contributed by atoms with van der Waals surface area (Å²) in [6.45, 7) is 37.1. The summed E-state index contributed by atoms with van der Waals surface area (Å²) in [7, 11) is -0.806. The Morgan fingerprint density at radius 3 is 0.776 bits per heavy atom. The van der Waals surface area contributed by atoms with E-state index in [-0.39, 0.29) is 36.4 Å². The van der Waals surface area contributed by atoms with E-state index in [1.807, 2.05) is 18.6 Å². The molecular weight excluding hydrogens is 1700 g/mol. The summed E-state index contributed by atoms with van der Waals surface area (Å²) >= 11 is 0. The minimum atomic E-state index is -0.409. The van der Waals surface area contributed by atoms with E-state index in [0.717, 1.165) is 171 Å². The van der Waals surface area contributed by atoms with Crippen LogP contribution in [0.2, 0.25) is 0 Å². The molecule has 7 nitrogen and oxygen atoms in total. The van der Waals surface area contributed by atoms with Crippen LogP contribution >= 0.6 is 0 Å². The Morgan fingerprint density at radius 1 is 0.256 bits per heavy atom. The first-order valence-electron chi connectivity index (χ1n) is 43.9. The fourth-order valence-electron chi connectivity index (χ4n) is 17.0. The number of hydrogen-bond donors (Lipinski definition) is 0. The van der Waals surface area contributed by atoms with Crippen LogP contribution in [0.15, 0.2) is 310 Å². The van der Waals surface area contributed by atoms with Gasteiger partial charge in [-0.1, -0.05) is 331 Å². The molecule has 125 heavy (non-hydrogen) atoms. The summed E-state index contributed by atoms with van der Waals surface area (Å²) < 4.78 is 25.7. The van der Waals surface area contributed by atoms with Gasteiger partial charge in [0.25, 0.3) is 0 Å². The van der Waals surface area contributed by atoms with Crippen LogP contribution in [-0.4, -0.2) is 51.6 Å². The van der Waals surface area contributed by atoms with Crippen molar-refractivity contribution in [3.8, 4) is 134 Å². The topological polar surface area (TPSA) is 75.6 Å². The first kappa shape index (κ1) is 87.2. The van der Waals surface area contributed by atoms with Gasteiger partial charge in [0, 0.05) is 18.6 Å². The summed E-state index contributed by atoms with van der Waals surface area (Å²) in [6.07, 6.45) is 9.34. The maximum Gasteiger partial charge on any atom is 3.00 e. The molecule has 0 aliphatic carbocycles. The van der Waals surface area contributed by atoms with E-state index in [2.05, 4.69) is 427 Å². The van der Waals surface area contributed by atoms with Crippen molar-refractivity contribution >= 4 is 25.2 Å². The number of rotatable bonds is 20. The molecule has 0 bridgehead atoms. The van der Waals surface area contributed by atoms with Crippen molar-refractivity contribution in [2.24, 2.45) is 0 Å². The summed E-state index contributed by atoms with van der Waals surface area (Å²) in [5.74, 6) is 0. The normalized spacial score (nSPS) is 14.8. The fourth-order valence-corrected chi connectivity index (χ4v) is 17.0. The first-order valence-corrected chi connectivity index (χ1v) is 43.9. The zero-order chi connectivity index (χ0) is 86.7. The fraction of sp³-hybridized carbons (Fsp3) is 0.243.